The third-order valence-corrected chi connectivity index (χ3v) is 5.62. The van der Waals surface area contributed by atoms with Crippen molar-refractivity contribution in [1.82, 2.24) is 9.80 Å². The SMILES string of the molecule is N#CC1(N)C2CN3CCN(C2)CC1(c1ccccc1)C3. The lowest BCUT2D eigenvalue weighted by atomic mass is 9.56. The van der Waals surface area contributed by atoms with Crippen molar-refractivity contribution in [2.24, 2.45) is 11.7 Å². The molecule has 4 aliphatic rings. The molecule has 1 aromatic carbocycles. The number of nitriles is 1. The summed E-state index contributed by atoms with van der Waals surface area (Å²) < 4.78 is 0. The second-order valence-electron chi connectivity index (χ2n) is 6.60. The summed E-state index contributed by atoms with van der Waals surface area (Å²) in [6.45, 7) is 5.96. The normalized spacial score (nSPS) is 45.9. The first-order chi connectivity index (χ1) is 9.68. The molecule has 5 rings (SSSR count). The van der Waals surface area contributed by atoms with Crippen molar-refractivity contribution in [2.45, 2.75) is 11.0 Å². The van der Waals surface area contributed by atoms with E-state index in [0.29, 0.717) is 0 Å². The molecule has 4 heteroatoms. The lowest BCUT2D eigenvalue weighted by Gasteiger charge is -2.58. The number of fused-ring (bicyclic) bond motifs is 1. The zero-order valence-corrected chi connectivity index (χ0v) is 11.6. The van der Waals surface area contributed by atoms with Crippen LogP contribution in [0.2, 0.25) is 0 Å². The summed E-state index contributed by atoms with van der Waals surface area (Å²) in [5.41, 5.74) is 6.95. The molecule has 1 aromatic rings. The summed E-state index contributed by atoms with van der Waals surface area (Å²) in [4.78, 5) is 5.01. The summed E-state index contributed by atoms with van der Waals surface area (Å²) in [6, 6.07) is 13.0. The number of nitrogens with two attached hydrogens (primary N) is 1. The zero-order chi connectivity index (χ0) is 13.8. The van der Waals surface area contributed by atoms with Crippen molar-refractivity contribution in [3.8, 4) is 6.07 Å². The van der Waals surface area contributed by atoms with E-state index in [1.165, 1.54) is 5.56 Å². The highest BCUT2D eigenvalue weighted by Gasteiger charge is 2.63. The molecule has 4 heterocycles. The molecule has 104 valence electrons. The highest BCUT2D eigenvalue weighted by Crippen LogP contribution is 2.48. The Hall–Kier alpha value is -1.41. The summed E-state index contributed by atoms with van der Waals surface area (Å²) in [6.07, 6.45) is 0. The van der Waals surface area contributed by atoms with E-state index in [2.05, 4.69) is 40.1 Å². The van der Waals surface area contributed by atoms with Crippen LogP contribution in [0.5, 0.6) is 0 Å². The molecule has 4 bridgehead atoms. The van der Waals surface area contributed by atoms with Gasteiger partial charge in [0.25, 0.3) is 0 Å². The summed E-state index contributed by atoms with van der Waals surface area (Å²) >= 11 is 0. The summed E-state index contributed by atoms with van der Waals surface area (Å²) in [5.74, 6) is 0.248. The number of benzene rings is 1. The van der Waals surface area contributed by atoms with E-state index in [4.69, 9.17) is 5.73 Å². The van der Waals surface area contributed by atoms with Gasteiger partial charge in [-0.1, -0.05) is 30.3 Å². The van der Waals surface area contributed by atoms with Crippen LogP contribution in [-0.4, -0.2) is 54.6 Å². The molecule has 3 atom stereocenters. The minimum absolute atomic E-state index is 0.248. The van der Waals surface area contributed by atoms with Crippen molar-refractivity contribution >= 4 is 0 Å². The van der Waals surface area contributed by atoms with Gasteiger partial charge in [0.2, 0.25) is 0 Å². The molecule has 0 spiro atoms. The average Bonchev–Trinajstić information content (AvgIpc) is 2.74. The quantitative estimate of drug-likeness (QED) is 0.801. The third kappa shape index (κ3) is 1.40. The summed E-state index contributed by atoms with van der Waals surface area (Å²) in [5, 5.41) is 9.86. The number of piperidine rings is 2. The molecule has 4 aliphatic heterocycles. The van der Waals surface area contributed by atoms with Crippen LogP contribution in [0.25, 0.3) is 0 Å². The molecule has 4 saturated heterocycles. The predicted molar refractivity (Wildman–Crippen MR) is 77.0 cm³/mol. The molecule has 0 amide bonds. The topological polar surface area (TPSA) is 56.3 Å². The second kappa shape index (κ2) is 4.05. The lowest BCUT2D eigenvalue weighted by molar-refractivity contribution is 0.000309. The number of nitrogens with zero attached hydrogens (tertiary/aromatic N) is 3. The van der Waals surface area contributed by atoms with E-state index >= 15 is 0 Å². The highest BCUT2D eigenvalue weighted by molar-refractivity contribution is 5.41. The zero-order valence-electron chi connectivity index (χ0n) is 11.6. The van der Waals surface area contributed by atoms with Gasteiger partial charge < -0.3 is 15.5 Å². The minimum Gasteiger partial charge on any atom is -0.312 e. The average molecular weight is 268 g/mol. The molecule has 3 unspecified atom stereocenters. The van der Waals surface area contributed by atoms with Crippen molar-refractivity contribution in [3.05, 3.63) is 35.9 Å². The first-order valence-electron chi connectivity index (χ1n) is 7.38. The largest absolute Gasteiger partial charge is 0.312 e. The van der Waals surface area contributed by atoms with Gasteiger partial charge in [0.15, 0.2) is 0 Å². The number of hydrogen-bond donors (Lipinski definition) is 1. The van der Waals surface area contributed by atoms with Crippen LogP contribution < -0.4 is 5.73 Å². The molecule has 0 aliphatic carbocycles. The van der Waals surface area contributed by atoms with Crippen molar-refractivity contribution < 1.29 is 0 Å². The predicted octanol–water partition coefficient (Wildman–Crippen LogP) is 0.406. The van der Waals surface area contributed by atoms with Gasteiger partial charge >= 0.3 is 0 Å². The summed E-state index contributed by atoms with van der Waals surface area (Å²) in [7, 11) is 0. The molecular formula is C16H20N4. The molecule has 4 fully saturated rings. The monoisotopic (exact) mass is 268 g/mol. The third-order valence-electron chi connectivity index (χ3n) is 5.62. The van der Waals surface area contributed by atoms with Gasteiger partial charge in [0.05, 0.1) is 11.5 Å². The maximum absolute atomic E-state index is 9.86. The minimum atomic E-state index is -0.744. The van der Waals surface area contributed by atoms with Crippen molar-refractivity contribution in [3.63, 3.8) is 0 Å². The molecule has 4 nitrogen and oxygen atoms in total. The van der Waals surface area contributed by atoms with Gasteiger partial charge in [-0.3, -0.25) is 0 Å². The van der Waals surface area contributed by atoms with Gasteiger partial charge in [-0.05, 0) is 5.56 Å². The Labute approximate surface area is 119 Å². The van der Waals surface area contributed by atoms with Crippen LogP contribution in [0.3, 0.4) is 0 Å². The molecule has 0 radical (unpaired) electrons. The van der Waals surface area contributed by atoms with Gasteiger partial charge in [-0.2, -0.15) is 5.26 Å². The van der Waals surface area contributed by atoms with Crippen LogP contribution in [0.15, 0.2) is 30.3 Å². The Bertz CT molecular complexity index is 548. The smallest absolute Gasteiger partial charge is 0.121 e. The Morgan fingerprint density at radius 1 is 1.10 bits per heavy atom. The lowest BCUT2D eigenvalue weighted by Crippen LogP contribution is -2.76. The fourth-order valence-corrected chi connectivity index (χ4v) is 4.56. The van der Waals surface area contributed by atoms with E-state index in [1.807, 2.05) is 6.07 Å². The molecular weight excluding hydrogens is 248 g/mol. The van der Waals surface area contributed by atoms with E-state index < -0.39 is 5.54 Å². The maximum Gasteiger partial charge on any atom is 0.121 e. The highest BCUT2D eigenvalue weighted by atomic mass is 15.3. The molecule has 0 saturated carbocycles. The van der Waals surface area contributed by atoms with Crippen LogP contribution >= 0.6 is 0 Å². The molecule has 2 N–H and O–H groups in total. The molecule has 0 aromatic heterocycles. The van der Waals surface area contributed by atoms with Gasteiger partial charge in [0.1, 0.15) is 5.54 Å². The Morgan fingerprint density at radius 3 is 2.25 bits per heavy atom. The van der Waals surface area contributed by atoms with E-state index in [1.54, 1.807) is 0 Å². The standard InChI is InChI=1S/C16H20N4/c17-10-16(18)14-8-19-6-7-20(9-14)12-15(16,11-19)13-4-2-1-3-5-13/h1-5,14H,6-9,11-12,18H2. The van der Waals surface area contributed by atoms with E-state index in [-0.39, 0.29) is 11.3 Å². The van der Waals surface area contributed by atoms with Crippen LogP contribution in [0.4, 0.5) is 0 Å². The van der Waals surface area contributed by atoms with E-state index in [0.717, 1.165) is 39.3 Å². The van der Waals surface area contributed by atoms with E-state index in [9.17, 15) is 5.26 Å². The number of hydrogen-bond acceptors (Lipinski definition) is 4. The van der Waals surface area contributed by atoms with Crippen molar-refractivity contribution in [2.75, 3.05) is 39.3 Å². The maximum atomic E-state index is 9.86. The van der Waals surface area contributed by atoms with Crippen LogP contribution in [0, 0.1) is 17.2 Å². The van der Waals surface area contributed by atoms with Crippen LogP contribution in [0.1, 0.15) is 5.56 Å². The van der Waals surface area contributed by atoms with Gasteiger partial charge in [0, 0.05) is 45.2 Å². The van der Waals surface area contributed by atoms with Gasteiger partial charge in [-0.25, -0.2) is 0 Å². The Balaban J connectivity index is 1.92. The Kier molecular flexibility index (Phi) is 2.50. The number of rotatable bonds is 1. The molecule has 20 heavy (non-hydrogen) atoms. The fourth-order valence-electron chi connectivity index (χ4n) is 4.56. The van der Waals surface area contributed by atoms with Crippen LogP contribution in [-0.2, 0) is 5.41 Å². The van der Waals surface area contributed by atoms with Gasteiger partial charge in [-0.15, -0.1) is 0 Å². The second-order valence-corrected chi connectivity index (χ2v) is 6.60. The first-order valence-corrected chi connectivity index (χ1v) is 7.38. The first kappa shape index (κ1) is 12.3. The fraction of sp³-hybridized carbons (Fsp3) is 0.562. The Morgan fingerprint density at radius 2 is 1.70 bits per heavy atom. The van der Waals surface area contributed by atoms with Crippen molar-refractivity contribution in [1.29, 1.82) is 5.26 Å².